The van der Waals surface area contributed by atoms with Crippen molar-refractivity contribution in [3.8, 4) is 0 Å². The second-order valence-electron chi connectivity index (χ2n) is 5.81. The summed E-state index contributed by atoms with van der Waals surface area (Å²) in [4.78, 5) is 13.1. The lowest BCUT2D eigenvalue weighted by Crippen LogP contribution is -2.50. The highest BCUT2D eigenvalue weighted by Crippen LogP contribution is 2.36. The summed E-state index contributed by atoms with van der Waals surface area (Å²) < 4.78 is 7.21. The molecule has 1 aromatic rings. The van der Waals surface area contributed by atoms with Crippen molar-refractivity contribution in [3.63, 3.8) is 0 Å². The molecule has 8 nitrogen and oxygen atoms in total. The highest BCUT2D eigenvalue weighted by atomic mass is 16.6. The summed E-state index contributed by atoms with van der Waals surface area (Å²) in [6, 6.07) is -0.121. The minimum absolute atomic E-state index is 0.00406. The summed E-state index contributed by atoms with van der Waals surface area (Å²) in [5, 5.41) is 15.8. The molecule has 0 radical (unpaired) electrons. The number of hydrogen-bond acceptors (Lipinski definition) is 6. The van der Waals surface area contributed by atoms with E-state index in [0.717, 1.165) is 0 Å². The van der Waals surface area contributed by atoms with Crippen LogP contribution in [0.25, 0.3) is 0 Å². The largest absolute Gasteiger partial charge is 0.373 e. The highest BCUT2D eigenvalue weighted by molar-refractivity contribution is 5.62. The molecule has 0 aromatic carbocycles. The van der Waals surface area contributed by atoms with Gasteiger partial charge in [-0.2, -0.15) is 5.10 Å². The Kier molecular flexibility index (Phi) is 4.48. The molecule has 2 N–H and O–H groups in total. The Bertz CT molecular complexity index is 526. The minimum atomic E-state index is -0.339. The van der Waals surface area contributed by atoms with Crippen molar-refractivity contribution >= 4 is 11.5 Å². The standard InChI is InChI=1S/C13H23N5O3/c1-8(2)11-12(18(19)20)13(16(4)15-11)17-5-6-21-10(7-17)9(3)14/h8-10H,5-7,14H2,1-4H3. The van der Waals surface area contributed by atoms with E-state index >= 15 is 0 Å². The van der Waals surface area contributed by atoms with Crippen LogP contribution in [-0.2, 0) is 11.8 Å². The molecule has 0 aliphatic carbocycles. The molecule has 8 heteroatoms. The zero-order valence-electron chi connectivity index (χ0n) is 12.9. The molecule has 2 heterocycles. The molecule has 1 aromatic heterocycles. The van der Waals surface area contributed by atoms with Gasteiger partial charge in [0, 0.05) is 32.1 Å². The number of ether oxygens (including phenoxy) is 1. The fourth-order valence-electron chi connectivity index (χ4n) is 2.63. The summed E-state index contributed by atoms with van der Waals surface area (Å²) >= 11 is 0. The maximum atomic E-state index is 11.5. The number of aryl methyl sites for hydroxylation is 1. The number of nitrogens with two attached hydrogens (primary N) is 1. The van der Waals surface area contributed by atoms with Gasteiger partial charge in [-0.1, -0.05) is 13.8 Å². The van der Waals surface area contributed by atoms with Crippen LogP contribution in [0.5, 0.6) is 0 Å². The highest BCUT2D eigenvalue weighted by Gasteiger charge is 2.34. The van der Waals surface area contributed by atoms with E-state index in [-0.39, 0.29) is 28.7 Å². The summed E-state index contributed by atoms with van der Waals surface area (Å²) in [5.74, 6) is 0.535. The Balaban J connectivity index is 2.41. The first-order valence-electron chi connectivity index (χ1n) is 7.16. The summed E-state index contributed by atoms with van der Waals surface area (Å²) in [6.07, 6.45) is -0.129. The van der Waals surface area contributed by atoms with Crippen LogP contribution in [0.2, 0.25) is 0 Å². The van der Waals surface area contributed by atoms with Crippen molar-refractivity contribution in [2.45, 2.75) is 38.8 Å². The maximum absolute atomic E-state index is 11.5. The first kappa shape index (κ1) is 15.7. The average molecular weight is 297 g/mol. The third-order valence-electron chi connectivity index (χ3n) is 3.73. The summed E-state index contributed by atoms with van der Waals surface area (Å²) in [5.41, 5.74) is 6.50. The molecule has 1 aliphatic heterocycles. The van der Waals surface area contributed by atoms with E-state index in [2.05, 4.69) is 5.10 Å². The molecule has 1 aliphatic rings. The average Bonchev–Trinajstić information content (AvgIpc) is 2.76. The van der Waals surface area contributed by atoms with Crippen LogP contribution in [0, 0.1) is 10.1 Å². The maximum Gasteiger partial charge on any atom is 0.334 e. The molecule has 0 saturated carbocycles. The van der Waals surface area contributed by atoms with Gasteiger partial charge in [-0.15, -0.1) is 0 Å². The van der Waals surface area contributed by atoms with Gasteiger partial charge in [-0.25, -0.2) is 4.68 Å². The zero-order chi connectivity index (χ0) is 15.7. The van der Waals surface area contributed by atoms with E-state index in [1.807, 2.05) is 25.7 Å². The first-order valence-corrected chi connectivity index (χ1v) is 7.16. The molecule has 1 saturated heterocycles. The molecule has 1 fully saturated rings. The molecule has 118 valence electrons. The molecule has 0 spiro atoms. The number of aromatic nitrogens is 2. The quantitative estimate of drug-likeness (QED) is 0.657. The smallest absolute Gasteiger partial charge is 0.334 e. The van der Waals surface area contributed by atoms with Crippen LogP contribution in [0.4, 0.5) is 11.5 Å². The van der Waals surface area contributed by atoms with Crippen molar-refractivity contribution in [3.05, 3.63) is 15.8 Å². The van der Waals surface area contributed by atoms with Gasteiger partial charge in [0.1, 0.15) is 5.69 Å². The Hall–Kier alpha value is -1.67. The van der Waals surface area contributed by atoms with Crippen molar-refractivity contribution in [1.29, 1.82) is 0 Å². The molecule has 21 heavy (non-hydrogen) atoms. The van der Waals surface area contributed by atoms with E-state index in [1.165, 1.54) is 0 Å². The monoisotopic (exact) mass is 297 g/mol. The summed E-state index contributed by atoms with van der Waals surface area (Å²) in [6.45, 7) is 7.33. The van der Waals surface area contributed by atoms with Crippen molar-refractivity contribution < 1.29 is 9.66 Å². The van der Waals surface area contributed by atoms with Crippen molar-refractivity contribution in [1.82, 2.24) is 9.78 Å². The Labute approximate surface area is 124 Å². The number of morpholine rings is 1. The summed E-state index contributed by atoms with van der Waals surface area (Å²) in [7, 11) is 1.74. The molecule has 2 atom stereocenters. The Morgan fingerprint density at radius 3 is 2.67 bits per heavy atom. The van der Waals surface area contributed by atoms with E-state index in [4.69, 9.17) is 10.5 Å². The van der Waals surface area contributed by atoms with Crippen LogP contribution in [0.15, 0.2) is 0 Å². The molecule has 2 rings (SSSR count). The van der Waals surface area contributed by atoms with E-state index in [9.17, 15) is 10.1 Å². The van der Waals surface area contributed by atoms with Crippen LogP contribution in [0.3, 0.4) is 0 Å². The Morgan fingerprint density at radius 2 is 2.14 bits per heavy atom. The van der Waals surface area contributed by atoms with Crippen LogP contribution >= 0.6 is 0 Å². The first-order chi connectivity index (χ1) is 9.82. The second-order valence-corrected chi connectivity index (χ2v) is 5.81. The van der Waals surface area contributed by atoms with Gasteiger partial charge in [0.15, 0.2) is 0 Å². The predicted octanol–water partition coefficient (Wildman–Crippen LogP) is 1.00. The number of rotatable bonds is 4. The topological polar surface area (TPSA) is 99.5 Å². The zero-order valence-corrected chi connectivity index (χ0v) is 12.9. The minimum Gasteiger partial charge on any atom is -0.373 e. The van der Waals surface area contributed by atoms with Crippen LogP contribution in [0.1, 0.15) is 32.4 Å². The van der Waals surface area contributed by atoms with Crippen molar-refractivity contribution in [2.75, 3.05) is 24.6 Å². The Morgan fingerprint density at radius 1 is 1.48 bits per heavy atom. The SMILES string of the molecule is CC(C)c1nn(C)c(N2CCOC(C(C)N)C2)c1[N+](=O)[O-]. The molecular formula is C13H23N5O3. The van der Waals surface area contributed by atoms with Gasteiger partial charge in [-0.3, -0.25) is 10.1 Å². The lowest BCUT2D eigenvalue weighted by Gasteiger charge is -2.35. The van der Waals surface area contributed by atoms with E-state index in [1.54, 1.807) is 11.7 Å². The number of nitrogens with zero attached hydrogens (tertiary/aromatic N) is 4. The van der Waals surface area contributed by atoms with Gasteiger partial charge in [0.25, 0.3) is 0 Å². The number of anilines is 1. The number of hydrogen-bond donors (Lipinski definition) is 1. The van der Waals surface area contributed by atoms with E-state index in [0.29, 0.717) is 31.2 Å². The van der Waals surface area contributed by atoms with E-state index < -0.39 is 0 Å². The van der Waals surface area contributed by atoms with Crippen molar-refractivity contribution in [2.24, 2.45) is 12.8 Å². The second kappa shape index (κ2) is 5.98. The van der Waals surface area contributed by atoms with Gasteiger partial charge in [0.05, 0.1) is 17.6 Å². The fourth-order valence-corrected chi connectivity index (χ4v) is 2.63. The normalized spacial score (nSPS) is 20.9. The third-order valence-corrected chi connectivity index (χ3v) is 3.73. The third kappa shape index (κ3) is 3.01. The lowest BCUT2D eigenvalue weighted by atomic mass is 10.1. The number of nitro groups is 1. The predicted molar refractivity (Wildman–Crippen MR) is 79.6 cm³/mol. The fraction of sp³-hybridized carbons (Fsp3) is 0.769. The van der Waals surface area contributed by atoms with Gasteiger partial charge < -0.3 is 15.4 Å². The molecule has 0 bridgehead atoms. The van der Waals surface area contributed by atoms with Gasteiger partial charge in [-0.05, 0) is 6.92 Å². The molecule has 2 unspecified atom stereocenters. The van der Waals surface area contributed by atoms with Gasteiger partial charge >= 0.3 is 5.69 Å². The lowest BCUT2D eigenvalue weighted by molar-refractivity contribution is -0.385. The molecule has 0 amide bonds. The molecular weight excluding hydrogens is 274 g/mol. The van der Waals surface area contributed by atoms with Crippen LogP contribution < -0.4 is 10.6 Å². The van der Waals surface area contributed by atoms with Crippen LogP contribution in [-0.4, -0.2) is 46.5 Å². The van der Waals surface area contributed by atoms with Gasteiger partial charge in [0.2, 0.25) is 5.82 Å².